The zero-order valence-corrected chi connectivity index (χ0v) is 12.5. The van der Waals surface area contributed by atoms with Crippen LogP contribution in [0.25, 0.3) is 0 Å². The summed E-state index contributed by atoms with van der Waals surface area (Å²) in [7, 11) is 0. The predicted octanol–water partition coefficient (Wildman–Crippen LogP) is 4.42. The van der Waals surface area contributed by atoms with E-state index in [1.54, 1.807) is 0 Å². The van der Waals surface area contributed by atoms with E-state index in [-0.39, 0.29) is 11.9 Å². The van der Waals surface area contributed by atoms with Crippen molar-refractivity contribution < 1.29 is 8.78 Å². The molecule has 1 atom stereocenters. The molecule has 2 rings (SSSR count). The molecule has 112 valence electrons. The van der Waals surface area contributed by atoms with Crippen LogP contribution in [0.1, 0.15) is 36.6 Å². The van der Waals surface area contributed by atoms with E-state index in [2.05, 4.69) is 24.4 Å². The molecule has 0 aliphatic heterocycles. The highest BCUT2D eigenvalue weighted by Crippen LogP contribution is 2.24. The summed E-state index contributed by atoms with van der Waals surface area (Å²) in [6, 6.07) is 11.8. The number of likely N-dealkylation sites (N-methyl/N-ethyl adjacent to an activating group) is 1. The Morgan fingerprint density at radius 3 is 2.48 bits per heavy atom. The van der Waals surface area contributed by atoms with Gasteiger partial charge >= 0.3 is 0 Å². The van der Waals surface area contributed by atoms with Crippen LogP contribution in [-0.2, 0) is 12.8 Å². The molecule has 1 N–H and O–H groups in total. The number of rotatable bonds is 6. The van der Waals surface area contributed by atoms with Gasteiger partial charge in [-0.3, -0.25) is 0 Å². The van der Waals surface area contributed by atoms with Gasteiger partial charge in [0, 0.05) is 6.04 Å². The van der Waals surface area contributed by atoms with Crippen LogP contribution < -0.4 is 5.32 Å². The van der Waals surface area contributed by atoms with E-state index < -0.39 is 5.82 Å². The Labute approximate surface area is 125 Å². The molecule has 2 aromatic rings. The highest BCUT2D eigenvalue weighted by atomic mass is 19.1. The van der Waals surface area contributed by atoms with E-state index in [9.17, 15) is 8.78 Å². The highest BCUT2D eigenvalue weighted by molar-refractivity contribution is 5.32. The lowest BCUT2D eigenvalue weighted by Gasteiger charge is -2.21. The quantitative estimate of drug-likeness (QED) is 0.830. The van der Waals surface area contributed by atoms with Crippen molar-refractivity contribution in [3.8, 4) is 0 Å². The molecule has 0 aliphatic rings. The first-order valence-electron chi connectivity index (χ1n) is 7.40. The van der Waals surface area contributed by atoms with Crippen LogP contribution in [0.2, 0.25) is 0 Å². The van der Waals surface area contributed by atoms with Gasteiger partial charge in [0.25, 0.3) is 0 Å². The Bertz CT molecular complexity index is 596. The number of aryl methyl sites for hydroxylation is 1. The summed E-state index contributed by atoms with van der Waals surface area (Å²) in [6.07, 6.45) is 1.36. The zero-order valence-electron chi connectivity index (χ0n) is 12.5. The van der Waals surface area contributed by atoms with Gasteiger partial charge in [-0.25, -0.2) is 8.78 Å². The van der Waals surface area contributed by atoms with Gasteiger partial charge in [-0.05, 0) is 54.3 Å². The highest BCUT2D eigenvalue weighted by Gasteiger charge is 2.16. The van der Waals surface area contributed by atoms with Crippen LogP contribution in [0.3, 0.4) is 0 Å². The predicted molar refractivity (Wildman–Crippen MR) is 82.3 cm³/mol. The number of hydrogen-bond acceptors (Lipinski definition) is 1. The van der Waals surface area contributed by atoms with Crippen LogP contribution in [0.15, 0.2) is 42.5 Å². The molecule has 0 aromatic heterocycles. The summed E-state index contributed by atoms with van der Waals surface area (Å²) < 4.78 is 27.2. The van der Waals surface area contributed by atoms with Crippen molar-refractivity contribution in [3.05, 3.63) is 70.8 Å². The summed E-state index contributed by atoms with van der Waals surface area (Å²) in [6.45, 7) is 4.90. The smallest absolute Gasteiger partial charge is 0.126 e. The zero-order chi connectivity index (χ0) is 15.2. The molecular formula is C18H21F2N. The van der Waals surface area contributed by atoms with Crippen LogP contribution in [0.4, 0.5) is 8.78 Å². The third kappa shape index (κ3) is 3.88. The first-order valence-corrected chi connectivity index (χ1v) is 7.40. The first kappa shape index (κ1) is 15.6. The van der Waals surface area contributed by atoms with Crippen LogP contribution >= 0.6 is 0 Å². The van der Waals surface area contributed by atoms with Gasteiger partial charge in [0.15, 0.2) is 0 Å². The summed E-state index contributed by atoms with van der Waals surface area (Å²) in [4.78, 5) is 0. The minimum Gasteiger partial charge on any atom is -0.310 e. The lowest BCUT2D eigenvalue weighted by molar-refractivity contribution is 0.519. The van der Waals surface area contributed by atoms with Gasteiger partial charge < -0.3 is 5.32 Å². The first-order chi connectivity index (χ1) is 10.2. The minimum absolute atomic E-state index is 0.0116. The fraction of sp³-hybridized carbons (Fsp3) is 0.333. The molecule has 1 unspecified atom stereocenters. The number of nitrogens with one attached hydrogen (secondary N) is 1. The molecule has 0 aliphatic carbocycles. The topological polar surface area (TPSA) is 12.0 Å². The summed E-state index contributed by atoms with van der Waals surface area (Å²) in [5, 5.41) is 3.38. The van der Waals surface area contributed by atoms with Crippen molar-refractivity contribution in [2.24, 2.45) is 0 Å². The molecule has 2 aromatic carbocycles. The summed E-state index contributed by atoms with van der Waals surface area (Å²) in [5.41, 5.74) is 2.80. The van der Waals surface area contributed by atoms with Gasteiger partial charge in [0.1, 0.15) is 11.6 Å². The van der Waals surface area contributed by atoms with Crippen LogP contribution in [0, 0.1) is 11.6 Å². The number of hydrogen-bond donors (Lipinski definition) is 1. The van der Waals surface area contributed by atoms with E-state index in [0.29, 0.717) is 12.0 Å². The van der Waals surface area contributed by atoms with Crippen molar-refractivity contribution in [2.75, 3.05) is 6.54 Å². The van der Waals surface area contributed by atoms with Gasteiger partial charge in [-0.1, -0.05) is 38.1 Å². The van der Waals surface area contributed by atoms with E-state index >= 15 is 0 Å². The monoisotopic (exact) mass is 289 g/mol. The molecule has 0 spiro atoms. The number of benzene rings is 2. The lowest BCUT2D eigenvalue weighted by Crippen LogP contribution is -2.24. The second kappa shape index (κ2) is 7.32. The van der Waals surface area contributed by atoms with E-state index in [0.717, 1.165) is 24.6 Å². The Balaban J connectivity index is 2.33. The van der Waals surface area contributed by atoms with Crippen molar-refractivity contribution in [2.45, 2.75) is 32.7 Å². The summed E-state index contributed by atoms with van der Waals surface area (Å²) in [5.74, 6) is -0.751. The average Bonchev–Trinajstić information content (AvgIpc) is 2.50. The van der Waals surface area contributed by atoms with Crippen molar-refractivity contribution >= 4 is 0 Å². The molecule has 1 nitrogen and oxygen atoms in total. The molecule has 0 radical (unpaired) electrons. The van der Waals surface area contributed by atoms with Crippen molar-refractivity contribution in [3.63, 3.8) is 0 Å². The molecule has 0 fully saturated rings. The second-order valence-electron chi connectivity index (χ2n) is 5.10. The van der Waals surface area contributed by atoms with Gasteiger partial charge in [0.05, 0.1) is 0 Å². The molecule has 0 saturated heterocycles. The maximum absolute atomic E-state index is 13.9. The normalized spacial score (nSPS) is 12.4. The Morgan fingerprint density at radius 2 is 1.76 bits per heavy atom. The molecular weight excluding hydrogens is 268 g/mol. The molecule has 3 heteroatoms. The van der Waals surface area contributed by atoms with Crippen molar-refractivity contribution in [1.29, 1.82) is 0 Å². The van der Waals surface area contributed by atoms with Gasteiger partial charge in [0.2, 0.25) is 0 Å². The largest absolute Gasteiger partial charge is 0.310 e. The Hall–Kier alpha value is -1.74. The maximum atomic E-state index is 13.9. The average molecular weight is 289 g/mol. The SMILES string of the molecule is CCNC(Cc1cc(F)ccc1F)c1ccccc1CC. The van der Waals surface area contributed by atoms with Gasteiger partial charge in [-0.15, -0.1) is 0 Å². The van der Waals surface area contributed by atoms with Crippen LogP contribution in [-0.4, -0.2) is 6.54 Å². The van der Waals surface area contributed by atoms with Crippen molar-refractivity contribution in [1.82, 2.24) is 5.32 Å². The Morgan fingerprint density at radius 1 is 1.00 bits per heavy atom. The fourth-order valence-corrected chi connectivity index (χ4v) is 2.65. The molecule has 0 amide bonds. The molecule has 21 heavy (non-hydrogen) atoms. The van der Waals surface area contributed by atoms with Gasteiger partial charge in [-0.2, -0.15) is 0 Å². The molecule has 0 bridgehead atoms. The summed E-state index contributed by atoms with van der Waals surface area (Å²) >= 11 is 0. The molecule has 0 saturated carbocycles. The van der Waals surface area contributed by atoms with Crippen LogP contribution in [0.5, 0.6) is 0 Å². The number of halogens is 2. The van der Waals surface area contributed by atoms with E-state index in [1.165, 1.54) is 17.7 Å². The fourth-order valence-electron chi connectivity index (χ4n) is 2.65. The minimum atomic E-state index is -0.398. The second-order valence-corrected chi connectivity index (χ2v) is 5.10. The lowest BCUT2D eigenvalue weighted by atomic mass is 9.93. The maximum Gasteiger partial charge on any atom is 0.126 e. The third-order valence-corrected chi connectivity index (χ3v) is 3.69. The Kier molecular flexibility index (Phi) is 5.45. The standard InChI is InChI=1S/C18H21F2N/c1-3-13-7-5-6-8-16(13)18(21-4-2)12-14-11-15(19)9-10-17(14)20/h5-11,18,21H,3-4,12H2,1-2H3. The van der Waals surface area contributed by atoms with E-state index in [4.69, 9.17) is 0 Å². The molecule has 0 heterocycles. The van der Waals surface area contributed by atoms with E-state index in [1.807, 2.05) is 19.1 Å². The third-order valence-electron chi connectivity index (χ3n) is 3.69.